The third-order valence-electron chi connectivity index (χ3n) is 4.01. The van der Waals surface area contributed by atoms with Crippen LogP contribution in [0.3, 0.4) is 0 Å². The van der Waals surface area contributed by atoms with Crippen molar-refractivity contribution in [2.24, 2.45) is 0 Å². The monoisotopic (exact) mass is 430 g/mol. The predicted molar refractivity (Wildman–Crippen MR) is 117 cm³/mol. The Labute approximate surface area is 178 Å². The Kier molecular flexibility index (Phi) is 7.24. The summed E-state index contributed by atoms with van der Waals surface area (Å²) in [6.07, 6.45) is 3.50. The first-order valence-electron chi connectivity index (χ1n) is 8.89. The van der Waals surface area contributed by atoms with Crippen molar-refractivity contribution in [2.45, 2.75) is 13.0 Å². The molecule has 2 amide bonds. The van der Waals surface area contributed by atoms with Crippen LogP contribution in [0.1, 0.15) is 11.1 Å². The van der Waals surface area contributed by atoms with Crippen LogP contribution in [0, 0.1) is 0 Å². The molecule has 0 fully saturated rings. The van der Waals surface area contributed by atoms with Crippen molar-refractivity contribution in [3.05, 3.63) is 76.0 Å². The van der Waals surface area contributed by atoms with Gasteiger partial charge in [-0.3, -0.25) is 5.32 Å². The number of nitrogens with zero attached hydrogens (tertiary/aromatic N) is 2. The van der Waals surface area contributed by atoms with Crippen molar-refractivity contribution in [3.8, 4) is 0 Å². The minimum Gasteiger partial charge on any atom is -0.382 e. The molecule has 2 aromatic carbocycles. The van der Waals surface area contributed by atoms with Crippen LogP contribution in [0.25, 0.3) is 0 Å². The van der Waals surface area contributed by atoms with Gasteiger partial charge in [-0.25, -0.2) is 14.8 Å². The average Bonchev–Trinajstić information content (AvgIpc) is 2.68. The van der Waals surface area contributed by atoms with Gasteiger partial charge >= 0.3 is 6.03 Å². The number of nitrogens with one attached hydrogen (secondary N) is 3. The fourth-order valence-corrected chi connectivity index (χ4v) is 3.10. The standard InChI is InChI=1S/C20H20Cl2N6O/c21-15-3-1-2-13(8-15)10-24-7-6-14-4-5-16(9-17(14)22)27-20(29)28-19-12-25-18(23)11-26-19/h1-5,8-9,11-12,24H,6-7,10H2,(H2,23,25)(H2,26,27,28,29). The van der Waals surface area contributed by atoms with Gasteiger partial charge in [0.05, 0.1) is 12.4 Å². The Bertz CT molecular complexity index is 981. The zero-order chi connectivity index (χ0) is 20.6. The first kappa shape index (κ1) is 20.9. The molecule has 0 unspecified atom stereocenters. The van der Waals surface area contributed by atoms with E-state index in [1.807, 2.05) is 30.3 Å². The first-order chi connectivity index (χ1) is 14.0. The molecule has 3 aromatic rings. The Morgan fingerprint density at radius 3 is 2.62 bits per heavy atom. The highest BCUT2D eigenvalue weighted by Crippen LogP contribution is 2.21. The van der Waals surface area contributed by atoms with E-state index < -0.39 is 6.03 Å². The molecule has 0 atom stereocenters. The van der Waals surface area contributed by atoms with Gasteiger partial charge in [-0.2, -0.15) is 0 Å². The van der Waals surface area contributed by atoms with Crippen LogP contribution < -0.4 is 21.7 Å². The summed E-state index contributed by atoms with van der Waals surface area (Å²) in [4.78, 5) is 19.9. The second-order valence-corrected chi connectivity index (χ2v) is 7.11. The number of hydrogen-bond donors (Lipinski definition) is 4. The SMILES string of the molecule is Nc1cnc(NC(=O)Nc2ccc(CCNCc3cccc(Cl)c3)c(Cl)c2)cn1. The minimum absolute atomic E-state index is 0.278. The van der Waals surface area contributed by atoms with E-state index in [2.05, 4.69) is 25.9 Å². The number of amides is 2. The quantitative estimate of drug-likeness (QED) is 0.417. The molecule has 0 saturated heterocycles. The van der Waals surface area contributed by atoms with Crippen LogP contribution >= 0.6 is 23.2 Å². The highest BCUT2D eigenvalue weighted by molar-refractivity contribution is 6.31. The van der Waals surface area contributed by atoms with Gasteiger partial charge in [-0.1, -0.05) is 41.4 Å². The molecule has 3 rings (SSSR count). The van der Waals surface area contributed by atoms with Gasteiger partial charge in [0.15, 0.2) is 5.82 Å². The Hall–Kier alpha value is -2.87. The number of nitrogen functional groups attached to an aromatic ring is 1. The molecular weight excluding hydrogens is 411 g/mol. The number of benzene rings is 2. The van der Waals surface area contributed by atoms with Gasteiger partial charge in [0.2, 0.25) is 0 Å². The number of rotatable bonds is 7. The van der Waals surface area contributed by atoms with Gasteiger partial charge < -0.3 is 16.4 Å². The number of aromatic nitrogens is 2. The third-order valence-corrected chi connectivity index (χ3v) is 4.60. The maximum atomic E-state index is 12.0. The highest BCUT2D eigenvalue weighted by atomic mass is 35.5. The molecule has 9 heteroatoms. The lowest BCUT2D eigenvalue weighted by Crippen LogP contribution is -2.20. The molecule has 0 spiro atoms. The number of carbonyl (C=O) groups excluding carboxylic acids is 1. The van der Waals surface area contributed by atoms with Gasteiger partial charge in [-0.05, 0) is 48.4 Å². The van der Waals surface area contributed by atoms with Crippen LogP contribution in [0.5, 0.6) is 0 Å². The van der Waals surface area contributed by atoms with Crippen molar-refractivity contribution >= 4 is 46.6 Å². The lowest BCUT2D eigenvalue weighted by molar-refractivity contribution is 0.262. The molecule has 0 aliphatic heterocycles. The maximum absolute atomic E-state index is 12.0. The summed E-state index contributed by atoms with van der Waals surface area (Å²) in [5.74, 6) is 0.575. The summed E-state index contributed by atoms with van der Waals surface area (Å²) in [6.45, 7) is 1.49. The third kappa shape index (κ3) is 6.60. The van der Waals surface area contributed by atoms with Crippen LogP contribution in [0.2, 0.25) is 10.0 Å². The van der Waals surface area contributed by atoms with Gasteiger partial charge in [0, 0.05) is 22.3 Å². The Morgan fingerprint density at radius 1 is 1.03 bits per heavy atom. The van der Waals surface area contributed by atoms with Gasteiger partial charge in [-0.15, -0.1) is 0 Å². The topological polar surface area (TPSA) is 105 Å². The lowest BCUT2D eigenvalue weighted by atomic mass is 10.1. The van der Waals surface area contributed by atoms with Crippen molar-refractivity contribution in [3.63, 3.8) is 0 Å². The van der Waals surface area contributed by atoms with Crippen molar-refractivity contribution in [2.75, 3.05) is 22.9 Å². The van der Waals surface area contributed by atoms with E-state index >= 15 is 0 Å². The summed E-state index contributed by atoms with van der Waals surface area (Å²) in [6, 6.07) is 12.7. The van der Waals surface area contributed by atoms with Crippen molar-refractivity contribution < 1.29 is 4.79 Å². The molecule has 0 aliphatic rings. The number of halogens is 2. The second kappa shape index (κ2) is 10.1. The normalized spacial score (nSPS) is 10.6. The lowest BCUT2D eigenvalue weighted by Gasteiger charge is -2.10. The number of anilines is 3. The fourth-order valence-electron chi connectivity index (χ4n) is 2.61. The number of carbonyl (C=O) groups is 1. The van der Waals surface area contributed by atoms with E-state index in [4.69, 9.17) is 28.9 Å². The highest BCUT2D eigenvalue weighted by Gasteiger charge is 2.07. The molecule has 29 heavy (non-hydrogen) atoms. The molecule has 7 nitrogen and oxygen atoms in total. The number of nitrogens with two attached hydrogens (primary N) is 1. The summed E-state index contributed by atoms with van der Waals surface area (Å²) < 4.78 is 0. The van der Waals surface area contributed by atoms with Crippen molar-refractivity contribution in [1.29, 1.82) is 0 Å². The molecule has 150 valence electrons. The van der Waals surface area contributed by atoms with Crippen molar-refractivity contribution in [1.82, 2.24) is 15.3 Å². The Morgan fingerprint density at radius 2 is 1.90 bits per heavy atom. The molecule has 0 radical (unpaired) electrons. The van der Waals surface area contributed by atoms with E-state index in [-0.39, 0.29) is 5.82 Å². The van der Waals surface area contributed by atoms with E-state index in [9.17, 15) is 4.79 Å². The summed E-state index contributed by atoms with van der Waals surface area (Å²) in [7, 11) is 0. The predicted octanol–water partition coefficient (Wildman–Crippen LogP) is 4.34. The summed E-state index contributed by atoms with van der Waals surface area (Å²) in [5, 5.41) is 9.95. The van der Waals surface area contributed by atoms with Crippen LogP contribution in [-0.4, -0.2) is 22.5 Å². The van der Waals surface area contributed by atoms with E-state index in [1.54, 1.807) is 12.1 Å². The van der Waals surface area contributed by atoms with Gasteiger partial charge in [0.1, 0.15) is 5.82 Å². The molecule has 0 saturated carbocycles. The zero-order valence-corrected chi connectivity index (χ0v) is 17.0. The average molecular weight is 431 g/mol. The van der Waals surface area contributed by atoms with E-state index in [0.29, 0.717) is 16.5 Å². The molecule has 0 aliphatic carbocycles. The Balaban J connectivity index is 1.47. The van der Waals surface area contributed by atoms with Gasteiger partial charge in [0.25, 0.3) is 0 Å². The molecule has 1 aromatic heterocycles. The molecule has 1 heterocycles. The second-order valence-electron chi connectivity index (χ2n) is 6.27. The summed E-state index contributed by atoms with van der Waals surface area (Å²) >= 11 is 12.3. The van der Waals surface area contributed by atoms with E-state index in [0.717, 1.165) is 35.7 Å². The zero-order valence-electron chi connectivity index (χ0n) is 15.5. The van der Waals surface area contributed by atoms with Crippen LogP contribution in [0.15, 0.2) is 54.9 Å². The maximum Gasteiger partial charge on any atom is 0.324 e. The smallest absolute Gasteiger partial charge is 0.324 e. The van der Waals surface area contributed by atoms with Crippen LogP contribution in [-0.2, 0) is 13.0 Å². The number of urea groups is 1. The van der Waals surface area contributed by atoms with E-state index in [1.165, 1.54) is 12.4 Å². The number of hydrogen-bond acceptors (Lipinski definition) is 5. The fraction of sp³-hybridized carbons (Fsp3) is 0.150. The molecule has 5 N–H and O–H groups in total. The van der Waals surface area contributed by atoms with Crippen LogP contribution in [0.4, 0.5) is 22.1 Å². The largest absolute Gasteiger partial charge is 0.382 e. The molecule has 0 bridgehead atoms. The first-order valence-corrected chi connectivity index (χ1v) is 9.64. The summed E-state index contributed by atoms with van der Waals surface area (Å²) in [5.41, 5.74) is 8.15. The minimum atomic E-state index is -0.448. The molecular formula is C20H20Cl2N6O.